The van der Waals surface area contributed by atoms with E-state index in [1.165, 1.54) is 17.4 Å². The molecule has 0 bridgehead atoms. The fourth-order valence-corrected chi connectivity index (χ4v) is 2.55. The Labute approximate surface area is 110 Å². The molecule has 0 aliphatic heterocycles. The number of fused-ring (bicyclic) bond motifs is 1. The Balaban J connectivity index is 1.91. The molecule has 0 unspecified atom stereocenters. The third kappa shape index (κ3) is 2.10. The van der Waals surface area contributed by atoms with E-state index >= 15 is 0 Å². The molecular formula is C13H8F2N2OS. The first-order valence-electron chi connectivity index (χ1n) is 5.47. The normalized spacial score (nSPS) is 10.8. The second kappa shape index (κ2) is 4.47. The highest BCUT2D eigenvalue weighted by Crippen LogP contribution is 2.23. The van der Waals surface area contributed by atoms with Crippen molar-refractivity contribution in [2.75, 3.05) is 5.32 Å². The third-order valence-corrected chi connectivity index (χ3v) is 3.55. The van der Waals surface area contributed by atoms with E-state index in [4.69, 9.17) is 0 Å². The van der Waals surface area contributed by atoms with Gasteiger partial charge in [0.25, 0.3) is 5.91 Å². The maximum absolute atomic E-state index is 13.4. The van der Waals surface area contributed by atoms with Gasteiger partial charge in [-0.1, -0.05) is 6.07 Å². The predicted molar refractivity (Wildman–Crippen MR) is 70.5 cm³/mol. The zero-order valence-corrected chi connectivity index (χ0v) is 10.4. The molecule has 0 radical (unpaired) electrons. The fourth-order valence-electron chi connectivity index (χ4n) is 1.77. The van der Waals surface area contributed by atoms with E-state index in [2.05, 4.69) is 10.3 Å². The van der Waals surface area contributed by atoms with Gasteiger partial charge in [0.1, 0.15) is 23.0 Å². The monoisotopic (exact) mass is 278 g/mol. The number of halogens is 2. The summed E-state index contributed by atoms with van der Waals surface area (Å²) in [5.41, 5.74) is 0.652. The van der Waals surface area contributed by atoms with Crippen molar-refractivity contribution in [1.29, 1.82) is 0 Å². The molecule has 1 aromatic carbocycles. The maximum Gasteiger partial charge on any atom is 0.272 e. The summed E-state index contributed by atoms with van der Waals surface area (Å²) in [4.78, 5) is 14.8. The van der Waals surface area contributed by atoms with Crippen LogP contribution in [0.1, 0.15) is 10.5 Å². The molecule has 2 heterocycles. The highest BCUT2D eigenvalue weighted by Gasteiger charge is 2.15. The van der Waals surface area contributed by atoms with Crippen molar-refractivity contribution in [2.45, 2.75) is 0 Å². The number of carbonyl (C=O) groups excluding carboxylic acids is 1. The van der Waals surface area contributed by atoms with E-state index in [0.29, 0.717) is 0 Å². The fraction of sp³-hybridized carbons (Fsp3) is 0. The summed E-state index contributed by atoms with van der Waals surface area (Å²) in [6.45, 7) is 0. The Kier molecular flexibility index (Phi) is 2.79. The zero-order chi connectivity index (χ0) is 13.4. The molecule has 19 heavy (non-hydrogen) atoms. The summed E-state index contributed by atoms with van der Waals surface area (Å²) >= 11 is 1.48. The van der Waals surface area contributed by atoms with Crippen molar-refractivity contribution in [3.8, 4) is 0 Å². The minimum absolute atomic E-state index is 0.268. The molecule has 0 fully saturated rings. The van der Waals surface area contributed by atoms with Crippen LogP contribution >= 0.6 is 11.3 Å². The third-order valence-electron chi connectivity index (χ3n) is 2.69. The lowest BCUT2D eigenvalue weighted by atomic mass is 10.3. The molecule has 3 nitrogen and oxygen atoms in total. The molecule has 0 aliphatic rings. The van der Waals surface area contributed by atoms with E-state index < -0.39 is 23.2 Å². The summed E-state index contributed by atoms with van der Waals surface area (Å²) in [5.74, 6) is -2.18. The van der Waals surface area contributed by atoms with Gasteiger partial charge >= 0.3 is 0 Å². The molecule has 3 aromatic rings. The smallest absolute Gasteiger partial charge is 0.272 e. The lowest BCUT2D eigenvalue weighted by molar-refractivity contribution is 0.102. The number of hydrogen-bond donors (Lipinski definition) is 2. The van der Waals surface area contributed by atoms with Crippen molar-refractivity contribution in [3.05, 3.63) is 53.0 Å². The maximum atomic E-state index is 13.4. The van der Waals surface area contributed by atoms with E-state index in [-0.39, 0.29) is 5.69 Å². The van der Waals surface area contributed by atoms with Crippen LogP contribution < -0.4 is 5.32 Å². The lowest BCUT2D eigenvalue weighted by Gasteiger charge is -2.05. The number of benzene rings is 1. The summed E-state index contributed by atoms with van der Waals surface area (Å²) in [7, 11) is 0. The number of para-hydroxylation sites is 1. The van der Waals surface area contributed by atoms with Gasteiger partial charge < -0.3 is 10.3 Å². The first kappa shape index (κ1) is 11.9. The van der Waals surface area contributed by atoms with E-state index in [1.54, 1.807) is 6.07 Å². The van der Waals surface area contributed by atoms with Gasteiger partial charge in [-0.05, 0) is 29.6 Å². The van der Waals surface area contributed by atoms with Crippen molar-refractivity contribution in [1.82, 2.24) is 4.98 Å². The average molecular weight is 278 g/mol. The van der Waals surface area contributed by atoms with Crippen LogP contribution in [0.3, 0.4) is 0 Å². The second-order valence-corrected chi connectivity index (χ2v) is 4.88. The summed E-state index contributed by atoms with van der Waals surface area (Å²) in [6.07, 6.45) is 0. The van der Waals surface area contributed by atoms with Crippen molar-refractivity contribution >= 4 is 33.1 Å². The summed E-state index contributed by atoms with van der Waals surface area (Å²) in [5, 5.41) is 4.12. The van der Waals surface area contributed by atoms with Crippen molar-refractivity contribution in [2.24, 2.45) is 0 Å². The number of aromatic nitrogens is 1. The Morgan fingerprint density at radius 1 is 1.21 bits per heavy atom. The van der Waals surface area contributed by atoms with Crippen LogP contribution in [0.25, 0.3) is 10.2 Å². The highest BCUT2D eigenvalue weighted by atomic mass is 32.1. The van der Waals surface area contributed by atoms with Crippen molar-refractivity contribution in [3.63, 3.8) is 0 Å². The van der Waals surface area contributed by atoms with Gasteiger partial charge in [-0.3, -0.25) is 4.79 Å². The van der Waals surface area contributed by atoms with Crippen LogP contribution in [0.15, 0.2) is 35.7 Å². The zero-order valence-electron chi connectivity index (χ0n) is 9.54. The van der Waals surface area contributed by atoms with Gasteiger partial charge in [0, 0.05) is 0 Å². The number of rotatable bonds is 2. The number of aromatic amines is 1. The van der Waals surface area contributed by atoms with E-state index in [1.807, 2.05) is 11.4 Å². The standard InChI is InChI=1S/C13H8F2N2OS/c14-7-2-1-3-8(15)12(7)17-13(18)10-6-11-9(16-10)4-5-19-11/h1-6,16H,(H,17,18). The molecule has 0 saturated carbocycles. The van der Waals surface area contributed by atoms with Gasteiger partial charge in [0.05, 0.1) is 10.2 Å². The molecule has 0 saturated heterocycles. The first-order valence-corrected chi connectivity index (χ1v) is 6.34. The van der Waals surface area contributed by atoms with Gasteiger partial charge in [0.15, 0.2) is 0 Å². The number of amides is 1. The lowest BCUT2D eigenvalue weighted by Crippen LogP contribution is -2.14. The molecule has 2 N–H and O–H groups in total. The average Bonchev–Trinajstić information content (AvgIpc) is 2.94. The van der Waals surface area contributed by atoms with Crippen LogP contribution in [0.5, 0.6) is 0 Å². The Bertz CT molecular complexity index is 714. The van der Waals surface area contributed by atoms with Crippen LogP contribution in [0.4, 0.5) is 14.5 Å². The largest absolute Gasteiger partial charge is 0.350 e. The number of nitrogens with one attached hydrogen (secondary N) is 2. The quantitative estimate of drug-likeness (QED) is 0.736. The molecule has 0 spiro atoms. The molecule has 96 valence electrons. The van der Waals surface area contributed by atoms with Crippen molar-refractivity contribution < 1.29 is 13.6 Å². The van der Waals surface area contributed by atoms with Crippen LogP contribution in [-0.2, 0) is 0 Å². The van der Waals surface area contributed by atoms with Gasteiger partial charge in [-0.2, -0.15) is 0 Å². The van der Waals surface area contributed by atoms with Crippen LogP contribution in [0.2, 0.25) is 0 Å². The number of carbonyl (C=O) groups is 1. The minimum Gasteiger partial charge on any atom is -0.350 e. The predicted octanol–water partition coefficient (Wildman–Crippen LogP) is 3.76. The molecule has 6 heteroatoms. The molecule has 0 aliphatic carbocycles. The molecule has 3 rings (SSSR count). The topological polar surface area (TPSA) is 44.9 Å². The first-order chi connectivity index (χ1) is 9.15. The number of hydrogen-bond acceptors (Lipinski definition) is 2. The molecule has 2 aromatic heterocycles. The van der Waals surface area contributed by atoms with Crippen LogP contribution in [-0.4, -0.2) is 10.9 Å². The highest BCUT2D eigenvalue weighted by molar-refractivity contribution is 7.17. The minimum atomic E-state index is -0.804. The van der Waals surface area contributed by atoms with Gasteiger partial charge in [-0.25, -0.2) is 8.78 Å². The number of H-pyrrole nitrogens is 1. The summed E-state index contributed by atoms with van der Waals surface area (Å²) < 4.78 is 27.7. The molecule has 0 atom stereocenters. The molecular weight excluding hydrogens is 270 g/mol. The van der Waals surface area contributed by atoms with E-state index in [0.717, 1.165) is 22.3 Å². The van der Waals surface area contributed by atoms with Gasteiger partial charge in [0.2, 0.25) is 0 Å². The molecule has 1 amide bonds. The number of thiophene rings is 1. The Hall–Kier alpha value is -2.21. The SMILES string of the molecule is O=C(Nc1c(F)cccc1F)c1cc2sccc2[nH]1. The Morgan fingerprint density at radius 3 is 2.63 bits per heavy atom. The summed E-state index contributed by atoms with van der Waals surface area (Å²) in [6, 6.07) is 6.90. The van der Waals surface area contributed by atoms with Crippen LogP contribution in [0, 0.1) is 11.6 Å². The van der Waals surface area contributed by atoms with Gasteiger partial charge in [-0.15, -0.1) is 11.3 Å². The second-order valence-electron chi connectivity index (χ2n) is 3.93. The number of anilines is 1. The Morgan fingerprint density at radius 2 is 1.95 bits per heavy atom. The van der Waals surface area contributed by atoms with E-state index in [9.17, 15) is 13.6 Å².